The van der Waals surface area contributed by atoms with Gasteiger partial charge in [-0.1, -0.05) is 25.1 Å². The van der Waals surface area contributed by atoms with Crippen LogP contribution < -0.4 is 10.6 Å². The van der Waals surface area contributed by atoms with Crippen molar-refractivity contribution in [3.05, 3.63) is 24.0 Å². The minimum Gasteiger partial charge on any atom is -0.395 e. The highest BCUT2D eigenvalue weighted by atomic mass is 32.1. The summed E-state index contributed by atoms with van der Waals surface area (Å²) in [6, 6.07) is 4.33. The summed E-state index contributed by atoms with van der Waals surface area (Å²) in [6.07, 6.45) is 6.51. The summed E-state index contributed by atoms with van der Waals surface area (Å²) in [5, 5.41) is 9.26. The van der Waals surface area contributed by atoms with Gasteiger partial charge >= 0.3 is 0 Å². The van der Waals surface area contributed by atoms with Crippen LogP contribution in [0.15, 0.2) is 18.3 Å². The fourth-order valence-corrected chi connectivity index (χ4v) is 2.80. The number of nitrogens with two attached hydrogens (primary N) is 1. The lowest BCUT2D eigenvalue weighted by Crippen LogP contribution is -2.37. The van der Waals surface area contributed by atoms with Gasteiger partial charge in [0.05, 0.1) is 12.3 Å². The Bertz CT molecular complexity index is 418. The van der Waals surface area contributed by atoms with E-state index in [0.29, 0.717) is 23.3 Å². The van der Waals surface area contributed by atoms with E-state index < -0.39 is 0 Å². The number of anilines is 1. The topological polar surface area (TPSA) is 62.4 Å². The molecule has 1 fully saturated rings. The molecule has 0 saturated heterocycles. The van der Waals surface area contributed by atoms with Crippen molar-refractivity contribution in [3.63, 3.8) is 0 Å². The van der Waals surface area contributed by atoms with Gasteiger partial charge in [-0.25, -0.2) is 0 Å². The first-order valence-corrected chi connectivity index (χ1v) is 6.77. The van der Waals surface area contributed by atoms with Crippen molar-refractivity contribution in [1.29, 1.82) is 0 Å². The molecule has 0 atom stereocenters. The molecule has 0 spiro atoms. The predicted molar refractivity (Wildman–Crippen MR) is 76.8 cm³/mol. The van der Waals surface area contributed by atoms with Crippen molar-refractivity contribution in [2.75, 3.05) is 18.1 Å². The maximum atomic E-state index is 9.26. The van der Waals surface area contributed by atoms with Crippen molar-refractivity contribution < 1.29 is 5.11 Å². The number of rotatable bonds is 5. The van der Waals surface area contributed by atoms with Crippen LogP contribution in [0.3, 0.4) is 0 Å². The van der Waals surface area contributed by atoms with Crippen molar-refractivity contribution in [1.82, 2.24) is 4.98 Å². The first-order chi connectivity index (χ1) is 8.74. The number of aromatic nitrogens is 1. The molecule has 1 aliphatic carbocycles. The molecule has 1 aliphatic rings. The van der Waals surface area contributed by atoms with E-state index in [4.69, 9.17) is 18.0 Å². The number of hydrogen-bond donors (Lipinski definition) is 2. The van der Waals surface area contributed by atoms with Gasteiger partial charge in [0.2, 0.25) is 0 Å². The molecule has 2 rings (SSSR count). The minimum atomic E-state index is 0.127. The highest BCUT2D eigenvalue weighted by Crippen LogP contribution is 2.29. The minimum absolute atomic E-state index is 0.127. The molecule has 18 heavy (non-hydrogen) atoms. The van der Waals surface area contributed by atoms with E-state index in [9.17, 15) is 5.11 Å². The van der Waals surface area contributed by atoms with Crippen molar-refractivity contribution in [2.24, 2.45) is 5.73 Å². The van der Waals surface area contributed by atoms with Crippen LogP contribution in [0.2, 0.25) is 0 Å². The van der Waals surface area contributed by atoms with E-state index in [2.05, 4.69) is 9.88 Å². The molecule has 0 aliphatic heterocycles. The summed E-state index contributed by atoms with van der Waals surface area (Å²) in [4.78, 5) is 6.78. The van der Waals surface area contributed by atoms with Crippen molar-refractivity contribution in [2.45, 2.75) is 31.7 Å². The number of pyridine rings is 1. The van der Waals surface area contributed by atoms with E-state index in [1.54, 1.807) is 6.20 Å². The number of aliphatic hydroxyl groups is 1. The van der Waals surface area contributed by atoms with Gasteiger partial charge in [0.25, 0.3) is 0 Å². The van der Waals surface area contributed by atoms with Gasteiger partial charge < -0.3 is 15.7 Å². The van der Waals surface area contributed by atoms with Gasteiger partial charge in [-0.05, 0) is 25.0 Å². The van der Waals surface area contributed by atoms with Gasteiger partial charge in [-0.2, -0.15) is 0 Å². The monoisotopic (exact) mass is 265 g/mol. The Morgan fingerprint density at radius 1 is 1.50 bits per heavy atom. The SMILES string of the molecule is NC(=S)c1ncccc1N(CCO)C1CCCC1. The van der Waals surface area contributed by atoms with E-state index in [1.165, 1.54) is 12.8 Å². The van der Waals surface area contributed by atoms with Gasteiger partial charge in [0, 0.05) is 18.8 Å². The molecular weight excluding hydrogens is 246 g/mol. The molecule has 3 N–H and O–H groups in total. The zero-order chi connectivity index (χ0) is 13.0. The van der Waals surface area contributed by atoms with Gasteiger partial charge in [-0.3, -0.25) is 4.98 Å². The van der Waals surface area contributed by atoms with Crippen LogP contribution in [0.25, 0.3) is 0 Å². The quantitative estimate of drug-likeness (QED) is 0.789. The van der Waals surface area contributed by atoms with Crippen LogP contribution in [0.4, 0.5) is 5.69 Å². The Hall–Kier alpha value is -1.20. The second-order valence-corrected chi connectivity index (χ2v) is 5.03. The Kier molecular flexibility index (Phi) is 4.49. The van der Waals surface area contributed by atoms with E-state index in [0.717, 1.165) is 18.5 Å². The summed E-state index contributed by atoms with van der Waals surface area (Å²) in [5.74, 6) is 0. The third-order valence-electron chi connectivity index (χ3n) is 3.44. The fourth-order valence-electron chi connectivity index (χ4n) is 2.64. The van der Waals surface area contributed by atoms with Gasteiger partial charge in [0.1, 0.15) is 10.7 Å². The third-order valence-corrected chi connectivity index (χ3v) is 3.63. The van der Waals surface area contributed by atoms with Crippen molar-refractivity contribution in [3.8, 4) is 0 Å². The first-order valence-electron chi connectivity index (χ1n) is 6.36. The van der Waals surface area contributed by atoms with Crippen LogP contribution in [0.1, 0.15) is 31.4 Å². The molecule has 1 saturated carbocycles. The summed E-state index contributed by atoms with van der Waals surface area (Å²) in [7, 11) is 0. The van der Waals surface area contributed by atoms with Crippen molar-refractivity contribution >= 4 is 22.9 Å². The molecule has 5 heteroatoms. The fraction of sp³-hybridized carbons (Fsp3) is 0.538. The Balaban J connectivity index is 2.32. The van der Waals surface area contributed by atoms with Gasteiger partial charge in [0.15, 0.2) is 0 Å². The lowest BCUT2D eigenvalue weighted by atomic mass is 10.1. The smallest absolute Gasteiger partial charge is 0.124 e. The Morgan fingerprint density at radius 3 is 2.83 bits per heavy atom. The number of aliphatic hydroxyl groups excluding tert-OH is 1. The lowest BCUT2D eigenvalue weighted by molar-refractivity contribution is 0.297. The molecule has 0 unspecified atom stereocenters. The Labute approximate surface area is 113 Å². The number of nitrogens with zero attached hydrogens (tertiary/aromatic N) is 2. The standard InChI is InChI=1S/C13H19N3OS/c14-13(18)12-11(6-3-7-15-12)16(8-9-17)10-4-1-2-5-10/h3,6-7,10,17H,1-2,4-5,8-9H2,(H2,14,18). The zero-order valence-corrected chi connectivity index (χ0v) is 11.2. The average molecular weight is 265 g/mol. The van der Waals surface area contributed by atoms with Crippen LogP contribution in [0.5, 0.6) is 0 Å². The molecule has 4 nitrogen and oxygen atoms in total. The second kappa shape index (κ2) is 6.11. The van der Waals surface area contributed by atoms with E-state index in [-0.39, 0.29) is 6.61 Å². The number of hydrogen-bond acceptors (Lipinski definition) is 4. The summed E-state index contributed by atoms with van der Waals surface area (Å²) < 4.78 is 0. The van der Waals surface area contributed by atoms with E-state index >= 15 is 0 Å². The first kappa shape index (κ1) is 13.2. The maximum absolute atomic E-state index is 9.26. The van der Waals surface area contributed by atoms with Crippen LogP contribution >= 0.6 is 12.2 Å². The molecule has 0 amide bonds. The normalized spacial score (nSPS) is 15.8. The summed E-state index contributed by atoms with van der Waals surface area (Å²) >= 11 is 5.05. The highest BCUT2D eigenvalue weighted by Gasteiger charge is 2.24. The molecule has 1 aromatic rings. The molecule has 0 aromatic carbocycles. The van der Waals surface area contributed by atoms with Crippen LogP contribution in [0, 0.1) is 0 Å². The maximum Gasteiger partial charge on any atom is 0.124 e. The average Bonchev–Trinajstić information content (AvgIpc) is 2.89. The van der Waals surface area contributed by atoms with E-state index in [1.807, 2.05) is 12.1 Å². The summed E-state index contributed by atoms with van der Waals surface area (Å²) in [5.41, 5.74) is 7.34. The van der Waals surface area contributed by atoms with Crippen LogP contribution in [-0.2, 0) is 0 Å². The third kappa shape index (κ3) is 2.79. The largest absolute Gasteiger partial charge is 0.395 e. The zero-order valence-electron chi connectivity index (χ0n) is 10.4. The molecule has 1 aromatic heterocycles. The molecule has 1 heterocycles. The molecular formula is C13H19N3OS. The number of thiocarbonyl (C=S) groups is 1. The summed E-state index contributed by atoms with van der Waals surface area (Å²) in [6.45, 7) is 0.730. The highest BCUT2D eigenvalue weighted by molar-refractivity contribution is 7.80. The molecule has 0 radical (unpaired) electrons. The Morgan fingerprint density at radius 2 is 2.22 bits per heavy atom. The second-order valence-electron chi connectivity index (χ2n) is 4.59. The predicted octanol–water partition coefficient (Wildman–Crippen LogP) is 1.46. The molecule has 0 bridgehead atoms. The lowest BCUT2D eigenvalue weighted by Gasteiger charge is -2.31. The van der Waals surface area contributed by atoms with Crippen LogP contribution in [-0.4, -0.2) is 34.3 Å². The van der Waals surface area contributed by atoms with Gasteiger partial charge in [-0.15, -0.1) is 0 Å². The molecule has 98 valence electrons.